The molecule has 2 aliphatic carbocycles. The molecule has 1 heterocycles. The zero-order valence-electron chi connectivity index (χ0n) is 35.4. The van der Waals surface area contributed by atoms with Crippen LogP contribution in [0.5, 0.6) is 51.7 Å². The van der Waals surface area contributed by atoms with Crippen molar-refractivity contribution in [2.45, 2.75) is 13.0 Å². The fraction of sp³-hybridized carbons (Fsp3) is 0.224. The lowest BCUT2D eigenvalue weighted by atomic mass is 9.79. The number of aryl methyl sites for hydroxylation is 1. The second kappa shape index (κ2) is 16.4. The maximum atomic E-state index is 15.4. The van der Waals surface area contributed by atoms with Gasteiger partial charge in [0.15, 0.2) is 57.6 Å². The number of rotatable bonds is 14. The van der Waals surface area contributed by atoms with Crippen LogP contribution in [0.15, 0.2) is 84.9 Å². The maximum Gasteiger partial charge on any atom is 0.196 e. The van der Waals surface area contributed by atoms with Gasteiger partial charge in [-0.3, -0.25) is 9.59 Å². The van der Waals surface area contributed by atoms with Gasteiger partial charge in [-0.05, 0) is 94.9 Å². The zero-order chi connectivity index (χ0) is 43.1. The summed E-state index contributed by atoms with van der Waals surface area (Å²) < 4.78 is 53.7. The summed E-state index contributed by atoms with van der Waals surface area (Å²) >= 11 is 0. The third kappa shape index (κ3) is 6.55. The fourth-order valence-corrected chi connectivity index (χ4v) is 8.47. The highest BCUT2D eigenvalue weighted by Gasteiger charge is 2.39. The molecule has 312 valence electrons. The van der Waals surface area contributed by atoms with E-state index in [1.807, 2.05) is 48.5 Å². The topological polar surface area (TPSA) is 122 Å². The van der Waals surface area contributed by atoms with Gasteiger partial charge in [0.1, 0.15) is 5.75 Å². The highest BCUT2D eigenvalue weighted by atomic mass is 16.5. The maximum absolute atomic E-state index is 15.4. The molecule has 12 nitrogen and oxygen atoms in total. The van der Waals surface area contributed by atoms with Gasteiger partial charge in [-0.15, -0.1) is 0 Å². The summed E-state index contributed by atoms with van der Waals surface area (Å²) in [6, 6.07) is 25.8. The molecular weight excluding hydrogens is 779 g/mol. The Labute approximate surface area is 353 Å². The molecule has 0 bridgehead atoms. The number of aromatic nitrogens is 1. The molecular formula is C49H45NO11. The first-order chi connectivity index (χ1) is 29.7. The highest BCUT2D eigenvalue weighted by Crippen LogP contribution is 2.47. The van der Waals surface area contributed by atoms with Crippen LogP contribution >= 0.6 is 0 Å². The predicted octanol–water partition coefficient (Wildman–Crippen LogP) is 6.93. The van der Waals surface area contributed by atoms with E-state index in [2.05, 4.69) is 4.57 Å². The molecule has 0 aliphatic heterocycles. The Balaban J connectivity index is 1.64. The molecule has 0 atom stereocenters. The Bertz CT molecular complexity index is 2700. The molecule has 61 heavy (non-hydrogen) atoms. The monoisotopic (exact) mass is 823 g/mol. The number of carbonyl (C=O) groups excluding carboxylic acids is 2. The average Bonchev–Trinajstić information content (AvgIpc) is 3.63. The Morgan fingerprint density at radius 3 is 1.11 bits per heavy atom. The Hall–Kier alpha value is -7.34. The van der Waals surface area contributed by atoms with Gasteiger partial charge in [0, 0.05) is 28.8 Å². The first kappa shape index (κ1) is 40.4. The number of ketones is 2. The highest BCUT2D eigenvalue weighted by molar-refractivity contribution is 6.36. The van der Waals surface area contributed by atoms with Gasteiger partial charge < -0.3 is 47.2 Å². The van der Waals surface area contributed by atoms with E-state index in [4.69, 9.17) is 42.6 Å². The van der Waals surface area contributed by atoms with Crippen LogP contribution in [0.1, 0.15) is 37.4 Å². The molecule has 0 saturated carbocycles. The van der Waals surface area contributed by atoms with Gasteiger partial charge in [0.2, 0.25) is 0 Å². The fourth-order valence-electron chi connectivity index (χ4n) is 8.47. The molecule has 0 saturated heterocycles. The number of methoxy groups -OCH3 is 9. The Morgan fingerprint density at radius 2 is 0.754 bits per heavy atom. The number of hydrogen-bond donors (Lipinski definition) is 0. The van der Waals surface area contributed by atoms with E-state index in [1.165, 1.54) is 14.2 Å². The first-order valence-electron chi connectivity index (χ1n) is 19.4. The second-order valence-corrected chi connectivity index (χ2v) is 14.3. The van der Waals surface area contributed by atoms with Crippen LogP contribution in [-0.4, -0.2) is 80.1 Å². The summed E-state index contributed by atoms with van der Waals surface area (Å²) in [5.41, 5.74) is 6.35. The SMILES string of the molecule is COc1ccc(CCn2c3c(c4c2=C(c2ccc(OC)c(OC)c2)C(=O)c2cc(OC)c(OC)cc2-4)-c2cc(OC)c(OC)cc2C(=O)C=3c2ccc(OC)c(OC)c2)cc1. The molecule has 0 radical (unpaired) electrons. The van der Waals surface area contributed by atoms with E-state index in [0.717, 1.165) is 11.3 Å². The summed E-state index contributed by atoms with van der Waals surface area (Å²) in [5.74, 6) is 3.72. The van der Waals surface area contributed by atoms with Gasteiger partial charge in [0.05, 0.1) is 85.8 Å². The molecule has 8 rings (SSSR count). The molecule has 12 heteroatoms. The van der Waals surface area contributed by atoms with Crippen LogP contribution < -0.4 is 53.3 Å². The van der Waals surface area contributed by atoms with Crippen molar-refractivity contribution >= 4 is 22.7 Å². The van der Waals surface area contributed by atoms with E-state index in [-0.39, 0.29) is 11.6 Å². The molecule has 0 N–H and O–H groups in total. The average molecular weight is 824 g/mol. The summed E-state index contributed by atoms with van der Waals surface area (Å²) in [6.07, 6.45) is 0.524. The number of Topliss-reactive ketones (excluding diaryl/α,β-unsaturated/α-hetero) is 2. The van der Waals surface area contributed by atoms with Crippen molar-refractivity contribution in [3.63, 3.8) is 0 Å². The number of carbonyl (C=O) groups is 2. The number of hydrogen-bond acceptors (Lipinski definition) is 11. The van der Waals surface area contributed by atoms with Crippen LogP contribution in [-0.2, 0) is 13.0 Å². The third-order valence-corrected chi connectivity index (χ3v) is 11.4. The van der Waals surface area contributed by atoms with Crippen LogP contribution in [0.4, 0.5) is 0 Å². The van der Waals surface area contributed by atoms with E-state index >= 15 is 9.59 Å². The van der Waals surface area contributed by atoms with E-state index < -0.39 is 0 Å². The Kier molecular flexibility index (Phi) is 10.9. The number of benzene rings is 5. The molecule has 0 spiro atoms. The number of fused-ring (bicyclic) bond motifs is 7. The normalized spacial score (nSPS) is 12.5. The minimum Gasteiger partial charge on any atom is -0.497 e. The van der Waals surface area contributed by atoms with Crippen molar-refractivity contribution in [3.8, 4) is 74.0 Å². The lowest BCUT2D eigenvalue weighted by molar-refractivity contribution is 0.104. The summed E-state index contributed by atoms with van der Waals surface area (Å²) in [5, 5.41) is 1.20. The molecule has 0 amide bonds. The van der Waals surface area contributed by atoms with Crippen LogP contribution in [0.25, 0.3) is 33.4 Å². The molecule has 0 unspecified atom stereocenters. The van der Waals surface area contributed by atoms with Crippen molar-refractivity contribution in [2.75, 3.05) is 64.0 Å². The first-order valence-corrected chi connectivity index (χ1v) is 19.4. The lowest BCUT2D eigenvalue weighted by Gasteiger charge is -2.23. The molecule has 2 aliphatic rings. The Morgan fingerprint density at radius 1 is 0.393 bits per heavy atom. The van der Waals surface area contributed by atoms with Gasteiger partial charge in [-0.1, -0.05) is 24.3 Å². The summed E-state index contributed by atoms with van der Waals surface area (Å²) in [7, 11) is 14.0. The van der Waals surface area contributed by atoms with Crippen LogP contribution in [0.2, 0.25) is 0 Å². The van der Waals surface area contributed by atoms with Crippen LogP contribution in [0.3, 0.4) is 0 Å². The minimum absolute atomic E-state index is 0.261. The number of nitrogens with zero attached hydrogens (tertiary/aromatic N) is 1. The predicted molar refractivity (Wildman–Crippen MR) is 230 cm³/mol. The quantitative estimate of drug-likeness (QED) is 0.114. The molecule has 6 aromatic rings. The van der Waals surface area contributed by atoms with Crippen molar-refractivity contribution in [2.24, 2.45) is 0 Å². The second-order valence-electron chi connectivity index (χ2n) is 14.3. The van der Waals surface area contributed by atoms with Gasteiger partial charge >= 0.3 is 0 Å². The van der Waals surface area contributed by atoms with Crippen molar-refractivity contribution in [1.29, 1.82) is 0 Å². The largest absolute Gasteiger partial charge is 0.497 e. The minimum atomic E-state index is -0.261. The third-order valence-electron chi connectivity index (χ3n) is 11.4. The van der Waals surface area contributed by atoms with Crippen molar-refractivity contribution in [1.82, 2.24) is 4.57 Å². The smallest absolute Gasteiger partial charge is 0.196 e. The summed E-state index contributed by atoms with van der Waals surface area (Å²) in [6.45, 7) is 0.351. The van der Waals surface area contributed by atoms with Gasteiger partial charge in [0.25, 0.3) is 0 Å². The summed E-state index contributed by atoms with van der Waals surface area (Å²) in [4.78, 5) is 30.9. The van der Waals surface area contributed by atoms with Gasteiger partial charge in [-0.25, -0.2) is 0 Å². The number of ether oxygens (including phenoxy) is 9. The lowest BCUT2D eigenvalue weighted by Crippen LogP contribution is -2.36. The van der Waals surface area contributed by atoms with E-state index in [9.17, 15) is 0 Å². The van der Waals surface area contributed by atoms with Crippen molar-refractivity contribution < 1.29 is 52.2 Å². The van der Waals surface area contributed by atoms with E-state index in [1.54, 1.807) is 86.2 Å². The van der Waals surface area contributed by atoms with Crippen molar-refractivity contribution in [3.05, 3.63) is 123 Å². The van der Waals surface area contributed by atoms with Crippen LogP contribution in [0, 0.1) is 0 Å². The molecule has 5 aromatic carbocycles. The van der Waals surface area contributed by atoms with E-state index in [0.29, 0.717) is 125 Å². The molecule has 0 fully saturated rings. The standard InChI is InChI=1S/C49H45NO11/c1-53-29-14-10-26(11-15-29)18-19-50-46-42(27-12-16-34(54-2)36(20-27)56-4)48(51)32-24-40(60-8)38(58-6)22-30(32)44(46)45-31-23-39(59-7)41(61-9)25-33(31)49(52)43(47(45)50)28-13-17-35(55-3)37(21-28)57-5/h10-17,20-25H,18-19H2,1-9H3. The zero-order valence-corrected chi connectivity index (χ0v) is 35.4. The molecule has 1 aromatic heterocycles. The van der Waals surface area contributed by atoms with Gasteiger partial charge in [-0.2, -0.15) is 0 Å².